The second kappa shape index (κ2) is 7.96. The molecule has 0 saturated heterocycles. The molecule has 2 aromatic rings. The van der Waals surface area contributed by atoms with Crippen LogP contribution in [-0.2, 0) is 4.79 Å². The number of hydrogen-bond donors (Lipinski definition) is 1. The smallest absolute Gasteiger partial charge is 0.280 e. The van der Waals surface area contributed by atoms with E-state index in [0.717, 1.165) is 10.0 Å². The molecular weight excluding hydrogens is 368 g/mol. The van der Waals surface area contributed by atoms with E-state index in [1.165, 1.54) is 0 Å². The molecule has 0 aliphatic carbocycles. The Bertz CT molecular complexity index is 674. The van der Waals surface area contributed by atoms with Crippen LogP contribution in [0.2, 0.25) is 5.02 Å². The number of benzene rings is 2. The monoisotopic (exact) mass is 380 g/mol. The van der Waals surface area contributed by atoms with Crippen molar-refractivity contribution in [3.05, 3.63) is 63.6 Å². The third-order valence-electron chi connectivity index (χ3n) is 2.77. The van der Waals surface area contributed by atoms with Crippen molar-refractivity contribution in [1.82, 2.24) is 5.43 Å². The molecule has 2 rings (SSSR count). The van der Waals surface area contributed by atoms with Crippen LogP contribution >= 0.6 is 27.5 Å². The Morgan fingerprint density at radius 1 is 1.27 bits per heavy atom. The van der Waals surface area contributed by atoms with E-state index < -0.39 is 6.10 Å². The minimum absolute atomic E-state index is 0.332. The Morgan fingerprint density at radius 2 is 1.95 bits per heavy atom. The van der Waals surface area contributed by atoms with E-state index in [1.807, 2.05) is 18.2 Å². The highest BCUT2D eigenvalue weighted by molar-refractivity contribution is 9.10. The van der Waals surface area contributed by atoms with Gasteiger partial charge in [0.1, 0.15) is 5.75 Å². The highest BCUT2D eigenvalue weighted by atomic mass is 79.9. The van der Waals surface area contributed by atoms with Gasteiger partial charge >= 0.3 is 0 Å². The summed E-state index contributed by atoms with van der Waals surface area (Å²) in [5, 5.41) is 4.55. The van der Waals surface area contributed by atoms with Gasteiger partial charge in [-0.25, -0.2) is 5.43 Å². The van der Waals surface area contributed by atoms with Gasteiger partial charge in [-0.1, -0.05) is 35.9 Å². The van der Waals surface area contributed by atoms with Crippen LogP contribution in [-0.4, -0.2) is 18.2 Å². The lowest BCUT2D eigenvalue weighted by molar-refractivity contribution is -0.127. The SMILES string of the molecule is C[C@H](Oc1ccccc1Br)C(=O)N/N=C\c1ccc(Cl)cc1. The zero-order chi connectivity index (χ0) is 15.9. The molecule has 0 radical (unpaired) electrons. The van der Waals surface area contributed by atoms with Crippen LogP contribution in [0, 0.1) is 0 Å². The third kappa shape index (κ3) is 4.86. The zero-order valence-electron chi connectivity index (χ0n) is 11.8. The Labute approximate surface area is 142 Å². The van der Waals surface area contributed by atoms with E-state index in [4.69, 9.17) is 16.3 Å². The van der Waals surface area contributed by atoms with Crippen molar-refractivity contribution in [1.29, 1.82) is 0 Å². The normalized spacial score (nSPS) is 12.1. The molecule has 1 N–H and O–H groups in total. The molecule has 0 aliphatic heterocycles. The summed E-state index contributed by atoms with van der Waals surface area (Å²) in [6.07, 6.45) is 0.875. The van der Waals surface area contributed by atoms with Gasteiger partial charge < -0.3 is 4.74 Å². The molecule has 114 valence electrons. The molecule has 22 heavy (non-hydrogen) atoms. The number of ether oxygens (including phenoxy) is 1. The Balaban J connectivity index is 1.89. The highest BCUT2D eigenvalue weighted by Gasteiger charge is 2.14. The number of carbonyl (C=O) groups is 1. The van der Waals surface area contributed by atoms with Crippen molar-refractivity contribution in [2.75, 3.05) is 0 Å². The number of nitrogens with zero attached hydrogens (tertiary/aromatic N) is 1. The van der Waals surface area contributed by atoms with Crippen LogP contribution in [0.3, 0.4) is 0 Å². The highest BCUT2D eigenvalue weighted by Crippen LogP contribution is 2.24. The molecule has 0 bridgehead atoms. The summed E-state index contributed by atoms with van der Waals surface area (Å²) in [5.41, 5.74) is 3.28. The van der Waals surface area contributed by atoms with E-state index in [2.05, 4.69) is 26.5 Å². The van der Waals surface area contributed by atoms with Crippen molar-refractivity contribution in [2.45, 2.75) is 13.0 Å². The van der Waals surface area contributed by atoms with Gasteiger partial charge in [-0.2, -0.15) is 5.10 Å². The average Bonchev–Trinajstić information content (AvgIpc) is 2.51. The van der Waals surface area contributed by atoms with Crippen LogP contribution in [0.25, 0.3) is 0 Å². The fraction of sp³-hybridized carbons (Fsp3) is 0.125. The Kier molecular flexibility index (Phi) is 5.98. The average molecular weight is 382 g/mol. The molecule has 2 aromatic carbocycles. The molecule has 0 fully saturated rings. The molecule has 1 atom stereocenters. The summed E-state index contributed by atoms with van der Waals surface area (Å²) in [6, 6.07) is 14.5. The molecule has 0 aliphatic rings. The maximum atomic E-state index is 11.9. The summed E-state index contributed by atoms with van der Waals surface area (Å²) in [4.78, 5) is 11.9. The van der Waals surface area contributed by atoms with Crippen molar-refractivity contribution < 1.29 is 9.53 Å². The molecule has 0 spiro atoms. The van der Waals surface area contributed by atoms with Crippen LogP contribution < -0.4 is 10.2 Å². The predicted octanol–water partition coefficient (Wildman–Crippen LogP) is 4.02. The number of halogens is 2. The van der Waals surface area contributed by atoms with Gasteiger partial charge in [0.25, 0.3) is 5.91 Å². The molecule has 4 nitrogen and oxygen atoms in total. The number of nitrogens with one attached hydrogen (secondary N) is 1. The van der Waals surface area contributed by atoms with E-state index in [-0.39, 0.29) is 5.91 Å². The van der Waals surface area contributed by atoms with Crippen molar-refractivity contribution in [3.8, 4) is 5.75 Å². The summed E-state index contributed by atoms with van der Waals surface area (Å²) >= 11 is 9.16. The lowest BCUT2D eigenvalue weighted by atomic mass is 10.2. The summed E-state index contributed by atoms with van der Waals surface area (Å²) in [6.45, 7) is 1.66. The minimum atomic E-state index is -0.666. The topological polar surface area (TPSA) is 50.7 Å². The van der Waals surface area contributed by atoms with Crippen molar-refractivity contribution in [2.24, 2.45) is 5.10 Å². The molecule has 0 aromatic heterocycles. The lowest BCUT2D eigenvalue weighted by Gasteiger charge is -2.13. The van der Waals surface area contributed by atoms with Gasteiger partial charge in [0, 0.05) is 5.02 Å². The molecule has 0 saturated carbocycles. The van der Waals surface area contributed by atoms with Crippen LogP contribution in [0.1, 0.15) is 12.5 Å². The van der Waals surface area contributed by atoms with Crippen molar-refractivity contribution >= 4 is 39.7 Å². The molecule has 6 heteroatoms. The minimum Gasteiger partial charge on any atom is -0.480 e. The second-order valence-electron chi connectivity index (χ2n) is 4.48. The first-order chi connectivity index (χ1) is 10.6. The van der Waals surface area contributed by atoms with Gasteiger partial charge in [0.2, 0.25) is 0 Å². The number of rotatable bonds is 5. The number of para-hydroxylation sites is 1. The third-order valence-corrected chi connectivity index (χ3v) is 3.68. The molecule has 0 unspecified atom stereocenters. The van der Waals surface area contributed by atoms with E-state index in [9.17, 15) is 4.79 Å². The standard InChI is InChI=1S/C16H14BrClN2O2/c1-11(22-15-5-3-2-4-14(15)17)16(21)20-19-10-12-6-8-13(18)9-7-12/h2-11H,1H3,(H,20,21)/b19-10-/t11-/m0/s1. The Hall–Kier alpha value is -1.85. The van der Waals surface area contributed by atoms with Gasteiger partial charge in [-0.3, -0.25) is 4.79 Å². The van der Waals surface area contributed by atoms with Gasteiger partial charge in [-0.15, -0.1) is 0 Å². The second-order valence-corrected chi connectivity index (χ2v) is 5.77. The fourth-order valence-corrected chi connectivity index (χ4v) is 2.10. The zero-order valence-corrected chi connectivity index (χ0v) is 14.1. The lowest BCUT2D eigenvalue weighted by Crippen LogP contribution is -2.33. The number of carbonyl (C=O) groups excluding carboxylic acids is 1. The molecule has 1 amide bonds. The number of hydrazone groups is 1. The largest absolute Gasteiger partial charge is 0.480 e. The first-order valence-corrected chi connectivity index (χ1v) is 7.73. The summed E-state index contributed by atoms with van der Waals surface area (Å²) in [7, 11) is 0. The predicted molar refractivity (Wildman–Crippen MR) is 91.4 cm³/mol. The van der Waals surface area contributed by atoms with E-state index in [0.29, 0.717) is 10.8 Å². The van der Waals surface area contributed by atoms with Crippen molar-refractivity contribution in [3.63, 3.8) is 0 Å². The van der Waals surface area contributed by atoms with Gasteiger partial charge in [-0.05, 0) is 52.7 Å². The van der Waals surface area contributed by atoms with E-state index >= 15 is 0 Å². The van der Waals surface area contributed by atoms with Crippen LogP contribution in [0.4, 0.5) is 0 Å². The molecule has 0 heterocycles. The number of hydrogen-bond acceptors (Lipinski definition) is 3. The van der Waals surface area contributed by atoms with Gasteiger partial charge in [0.15, 0.2) is 6.10 Å². The van der Waals surface area contributed by atoms with E-state index in [1.54, 1.807) is 43.5 Å². The summed E-state index contributed by atoms with van der Waals surface area (Å²) in [5.74, 6) is 0.271. The van der Waals surface area contributed by atoms with Gasteiger partial charge in [0.05, 0.1) is 10.7 Å². The first-order valence-electron chi connectivity index (χ1n) is 6.56. The van der Waals surface area contributed by atoms with Crippen LogP contribution in [0.5, 0.6) is 5.75 Å². The number of amides is 1. The maximum Gasteiger partial charge on any atom is 0.280 e. The quantitative estimate of drug-likeness (QED) is 0.628. The first kappa shape index (κ1) is 16.5. The molecular formula is C16H14BrClN2O2. The van der Waals surface area contributed by atoms with Crippen LogP contribution in [0.15, 0.2) is 58.1 Å². The Morgan fingerprint density at radius 3 is 2.64 bits per heavy atom. The summed E-state index contributed by atoms with van der Waals surface area (Å²) < 4.78 is 6.37. The fourth-order valence-electron chi connectivity index (χ4n) is 1.59. The maximum absolute atomic E-state index is 11.9.